The molecule has 2 heterocycles. The molecule has 6 heteroatoms. The lowest BCUT2D eigenvalue weighted by Crippen LogP contribution is -2.42. The highest BCUT2D eigenvalue weighted by molar-refractivity contribution is 6.33. The Morgan fingerprint density at radius 3 is 3.04 bits per heavy atom. The van der Waals surface area contributed by atoms with E-state index in [1.807, 2.05) is 12.1 Å². The molecule has 118 valence electrons. The minimum absolute atomic E-state index is 0.0715. The van der Waals surface area contributed by atoms with Crippen molar-refractivity contribution in [1.82, 2.24) is 4.98 Å². The van der Waals surface area contributed by atoms with Crippen molar-refractivity contribution >= 4 is 29.1 Å². The van der Waals surface area contributed by atoms with E-state index in [1.54, 1.807) is 24.4 Å². The summed E-state index contributed by atoms with van der Waals surface area (Å²) in [5.41, 5.74) is 6.25. The lowest BCUT2D eigenvalue weighted by atomic mass is 10.1. The smallest absolute Gasteiger partial charge is 0.141 e. The van der Waals surface area contributed by atoms with E-state index >= 15 is 0 Å². The molecule has 1 aliphatic heterocycles. The molecule has 2 aliphatic rings. The van der Waals surface area contributed by atoms with E-state index in [9.17, 15) is 0 Å². The summed E-state index contributed by atoms with van der Waals surface area (Å²) in [5, 5.41) is 2.15. The van der Waals surface area contributed by atoms with Crippen molar-refractivity contribution in [3.63, 3.8) is 0 Å². The number of hydrogen-bond acceptors (Lipinski definition) is 5. The maximum atomic E-state index is 6.06. The van der Waals surface area contributed by atoms with Crippen molar-refractivity contribution in [1.29, 1.82) is 0 Å². The number of nitrogens with zero attached hydrogens (tertiary/aromatic N) is 1. The summed E-state index contributed by atoms with van der Waals surface area (Å²) in [5.74, 6) is 2.06. The number of hydrogen-bond donors (Lipinski definition) is 1. The zero-order valence-electron chi connectivity index (χ0n) is 12.3. The van der Waals surface area contributed by atoms with Gasteiger partial charge in [0.1, 0.15) is 30.0 Å². The third-order valence-electron chi connectivity index (χ3n) is 3.87. The van der Waals surface area contributed by atoms with Crippen molar-refractivity contribution in [3.8, 4) is 11.5 Å². The van der Waals surface area contributed by atoms with Gasteiger partial charge in [0.15, 0.2) is 0 Å². The number of pyridine rings is 1. The lowest BCUT2D eigenvalue weighted by Gasteiger charge is -2.28. The van der Waals surface area contributed by atoms with Gasteiger partial charge in [-0.25, -0.2) is 0 Å². The topological polar surface area (TPSA) is 66.6 Å². The predicted octanol–water partition coefficient (Wildman–Crippen LogP) is 1.82. The van der Waals surface area contributed by atoms with Crippen LogP contribution in [0.4, 0.5) is 5.69 Å². The van der Waals surface area contributed by atoms with Crippen LogP contribution in [0.3, 0.4) is 0 Å². The molecule has 0 spiro atoms. The summed E-state index contributed by atoms with van der Waals surface area (Å²) in [4.78, 5) is 4.41. The number of anilines is 1. The van der Waals surface area contributed by atoms with Gasteiger partial charge in [0.2, 0.25) is 0 Å². The predicted molar refractivity (Wildman–Crippen MR) is 87.6 cm³/mol. The van der Waals surface area contributed by atoms with E-state index in [4.69, 9.17) is 31.5 Å². The molecule has 5 nitrogen and oxygen atoms in total. The maximum Gasteiger partial charge on any atom is 0.141 e. The quantitative estimate of drug-likeness (QED) is 0.851. The fourth-order valence-corrected chi connectivity index (χ4v) is 2.95. The van der Waals surface area contributed by atoms with Crippen LogP contribution < -0.4 is 21.0 Å². The first-order valence-electron chi connectivity index (χ1n) is 7.39. The molecular weight excluding hydrogens is 316 g/mol. The molecule has 1 fully saturated rings. The highest BCUT2D eigenvalue weighted by Crippen LogP contribution is 2.27. The van der Waals surface area contributed by atoms with E-state index in [0.29, 0.717) is 35.4 Å². The standard InChI is InChI=1S/C17H15ClN2O3/c18-11-9-10(1-2-12(11)19)23-14-5-6-20-13-3-4-15-17(16(13)14)22-8-7-21-15/h1-3,5-6,9,15H,4,7-8,19H2. The fraction of sp³-hybridized carbons (Fsp3) is 0.235. The average molecular weight is 331 g/mol. The van der Waals surface area contributed by atoms with E-state index in [1.165, 1.54) is 0 Å². The van der Waals surface area contributed by atoms with Crippen LogP contribution in [0.2, 0.25) is 5.02 Å². The molecule has 0 bridgehead atoms. The zero-order valence-corrected chi connectivity index (χ0v) is 13.0. The van der Waals surface area contributed by atoms with Gasteiger partial charge in [-0.1, -0.05) is 17.7 Å². The third kappa shape index (κ3) is 2.62. The molecule has 0 amide bonds. The van der Waals surface area contributed by atoms with Crippen molar-refractivity contribution in [2.75, 3.05) is 18.9 Å². The number of fused-ring (bicyclic) bond motifs is 2. The van der Waals surface area contributed by atoms with Crippen LogP contribution in [-0.2, 0) is 9.47 Å². The van der Waals surface area contributed by atoms with Crippen molar-refractivity contribution in [2.45, 2.75) is 12.5 Å². The van der Waals surface area contributed by atoms with Crippen molar-refractivity contribution in [3.05, 3.63) is 46.1 Å². The second-order valence-corrected chi connectivity index (χ2v) is 5.77. The first-order chi connectivity index (χ1) is 11.2. The van der Waals surface area contributed by atoms with Crippen LogP contribution >= 0.6 is 11.6 Å². The summed E-state index contributed by atoms with van der Waals surface area (Å²) in [7, 11) is 0. The van der Waals surface area contributed by atoms with Gasteiger partial charge < -0.3 is 19.9 Å². The van der Waals surface area contributed by atoms with Crippen LogP contribution in [0.1, 0.15) is 6.42 Å². The van der Waals surface area contributed by atoms with Crippen LogP contribution in [0.15, 0.2) is 30.5 Å². The molecule has 1 saturated heterocycles. The molecule has 2 aromatic rings. The highest BCUT2D eigenvalue weighted by atomic mass is 35.5. The Balaban J connectivity index is 1.83. The van der Waals surface area contributed by atoms with Gasteiger partial charge in [-0.15, -0.1) is 0 Å². The Kier molecular flexibility index (Phi) is 3.59. The number of nitrogens with two attached hydrogens (primary N) is 1. The number of benzene rings is 1. The highest BCUT2D eigenvalue weighted by Gasteiger charge is 2.25. The minimum atomic E-state index is -0.0715. The lowest BCUT2D eigenvalue weighted by molar-refractivity contribution is -0.00345. The van der Waals surface area contributed by atoms with Crippen LogP contribution in [0.5, 0.6) is 11.5 Å². The number of rotatable bonds is 2. The molecule has 1 aromatic carbocycles. The number of nitrogen functional groups attached to an aromatic ring is 1. The van der Waals surface area contributed by atoms with Gasteiger partial charge in [0.25, 0.3) is 0 Å². The van der Waals surface area contributed by atoms with Crippen LogP contribution in [-0.4, -0.2) is 24.3 Å². The molecule has 1 unspecified atom stereocenters. The number of ether oxygens (including phenoxy) is 3. The first-order valence-corrected chi connectivity index (χ1v) is 7.77. The van der Waals surface area contributed by atoms with Crippen molar-refractivity contribution in [2.24, 2.45) is 0 Å². The SMILES string of the molecule is Nc1ccc(Oc2ccnc3c2=C2OCCOC2CC=3)cc1Cl. The molecule has 0 radical (unpaired) electrons. The maximum absolute atomic E-state index is 6.06. The second kappa shape index (κ2) is 5.76. The Bertz CT molecular complexity index is 882. The summed E-state index contributed by atoms with van der Waals surface area (Å²) in [6.45, 7) is 1.13. The molecule has 4 rings (SSSR count). The van der Waals surface area contributed by atoms with Crippen LogP contribution in [0, 0.1) is 0 Å². The van der Waals surface area contributed by atoms with Gasteiger partial charge in [0, 0.05) is 18.7 Å². The monoisotopic (exact) mass is 330 g/mol. The van der Waals surface area contributed by atoms with Gasteiger partial charge in [-0.05, 0) is 18.2 Å². The summed E-state index contributed by atoms with van der Waals surface area (Å²) < 4.78 is 17.6. The molecule has 1 atom stereocenters. The number of aromatic nitrogens is 1. The molecule has 2 N–H and O–H groups in total. The van der Waals surface area contributed by atoms with E-state index < -0.39 is 0 Å². The Hall–Kier alpha value is -2.24. The zero-order chi connectivity index (χ0) is 15.8. The molecule has 0 saturated carbocycles. The van der Waals surface area contributed by atoms with E-state index in [-0.39, 0.29) is 6.10 Å². The fourth-order valence-electron chi connectivity index (χ4n) is 2.78. The number of halogens is 1. The average Bonchev–Trinajstić information content (AvgIpc) is 2.58. The van der Waals surface area contributed by atoms with E-state index in [2.05, 4.69) is 4.98 Å². The second-order valence-electron chi connectivity index (χ2n) is 5.37. The molecule has 1 aromatic heterocycles. The minimum Gasteiger partial charge on any atom is -0.492 e. The normalized spacial score (nSPS) is 19.2. The first kappa shape index (κ1) is 14.4. The molecule has 1 aliphatic carbocycles. The largest absolute Gasteiger partial charge is 0.492 e. The van der Waals surface area contributed by atoms with Gasteiger partial charge in [0.05, 0.1) is 27.9 Å². The third-order valence-corrected chi connectivity index (χ3v) is 4.19. The van der Waals surface area contributed by atoms with Crippen molar-refractivity contribution < 1.29 is 14.2 Å². The van der Waals surface area contributed by atoms with Gasteiger partial charge >= 0.3 is 0 Å². The molecular formula is C17H15ClN2O3. The van der Waals surface area contributed by atoms with Gasteiger partial charge in [-0.2, -0.15) is 0 Å². The van der Waals surface area contributed by atoms with Crippen LogP contribution in [0.25, 0.3) is 11.8 Å². The van der Waals surface area contributed by atoms with E-state index in [0.717, 1.165) is 22.7 Å². The van der Waals surface area contributed by atoms with Gasteiger partial charge in [-0.3, -0.25) is 4.98 Å². The Morgan fingerprint density at radius 1 is 1.26 bits per heavy atom. The summed E-state index contributed by atoms with van der Waals surface area (Å²) in [6, 6.07) is 7.00. The Morgan fingerprint density at radius 2 is 2.17 bits per heavy atom. The summed E-state index contributed by atoms with van der Waals surface area (Å²) >= 11 is 6.06. The summed E-state index contributed by atoms with van der Waals surface area (Å²) in [6.07, 6.45) is 4.44. The molecule has 23 heavy (non-hydrogen) atoms. The Labute approximate surface area is 137 Å².